The van der Waals surface area contributed by atoms with Gasteiger partial charge >= 0.3 is 6.03 Å². The van der Waals surface area contributed by atoms with E-state index in [2.05, 4.69) is 64.1 Å². The number of carbonyl (C=O) groups excluding carboxylic acids is 2. The smallest absolute Gasteiger partial charge is 0.315 e. The molecule has 1 aliphatic heterocycles. The van der Waals surface area contributed by atoms with Gasteiger partial charge in [-0.05, 0) is 24.0 Å². The van der Waals surface area contributed by atoms with E-state index in [1.54, 1.807) is 0 Å². The van der Waals surface area contributed by atoms with Crippen molar-refractivity contribution in [3.8, 4) is 0 Å². The van der Waals surface area contributed by atoms with Crippen LogP contribution in [0.3, 0.4) is 0 Å². The lowest BCUT2D eigenvalue weighted by molar-refractivity contribution is -0.136. The first-order valence-corrected chi connectivity index (χ1v) is 11.2. The van der Waals surface area contributed by atoms with Crippen molar-refractivity contribution in [2.75, 3.05) is 32.7 Å². The molecule has 166 valence electrons. The van der Waals surface area contributed by atoms with E-state index in [0.29, 0.717) is 19.6 Å². The van der Waals surface area contributed by atoms with E-state index in [9.17, 15) is 9.59 Å². The van der Waals surface area contributed by atoms with Gasteiger partial charge in [0.2, 0.25) is 5.91 Å². The Kier molecular flexibility index (Phi) is 8.06. The number of benzene rings is 2. The Balaban J connectivity index is 1.70. The maximum absolute atomic E-state index is 13.2. The van der Waals surface area contributed by atoms with Crippen LogP contribution in [-0.4, -0.2) is 60.5 Å². The van der Waals surface area contributed by atoms with Crippen LogP contribution in [0, 0.1) is 5.92 Å². The molecule has 31 heavy (non-hydrogen) atoms. The van der Waals surface area contributed by atoms with Gasteiger partial charge in [0.05, 0.1) is 6.04 Å². The van der Waals surface area contributed by atoms with Gasteiger partial charge < -0.3 is 15.5 Å². The molecule has 1 aliphatic rings. The van der Waals surface area contributed by atoms with Crippen molar-refractivity contribution in [2.45, 2.75) is 32.9 Å². The first kappa shape index (κ1) is 22.8. The third kappa shape index (κ3) is 5.85. The minimum absolute atomic E-state index is 0.00289. The number of nitrogens with zero attached hydrogens (tertiary/aromatic N) is 2. The molecule has 6 nitrogen and oxygen atoms in total. The molecule has 3 rings (SSSR count). The van der Waals surface area contributed by atoms with Crippen LogP contribution < -0.4 is 10.6 Å². The first-order valence-electron chi connectivity index (χ1n) is 11.2. The maximum Gasteiger partial charge on any atom is 0.315 e. The van der Waals surface area contributed by atoms with Gasteiger partial charge in [0.25, 0.3) is 0 Å². The predicted octanol–water partition coefficient (Wildman–Crippen LogP) is 3.26. The fraction of sp³-hybridized carbons (Fsp3) is 0.440. The molecule has 2 aromatic carbocycles. The number of nitrogens with one attached hydrogen (secondary N) is 2. The van der Waals surface area contributed by atoms with Gasteiger partial charge in [0, 0.05) is 32.7 Å². The molecule has 0 bridgehead atoms. The third-order valence-corrected chi connectivity index (χ3v) is 5.78. The Labute approximate surface area is 185 Å². The summed E-state index contributed by atoms with van der Waals surface area (Å²) in [5.41, 5.74) is 2.51. The highest BCUT2D eigenvalue weighted by Gasteiger charge is 2.33. The Hall–Kier alpha value is -2.86. The normalized spacial score (nSPS) is 15.7. The van der Waals surface area contributed by atoms with Crippen LogP contribution in [0.15, 0.2) is 60.7 Å². The topological polar surface area (TPSA) is 64.7 Å². The minimum Gasteiger partial charge on any atom is -0.338 e. The van der Waals surface area contributed by atoms with Crippen LogP contribution >= 0.6 is 0 Å². The van der Waals surface area contributed by atoms with Crippen LogP contribution in [0.25, 0.3) is 0 Å². The summed E-state index contributed by atoms with van der Waals surface area (Å²) in [6, 6.07) is 20.4. The SMILES string of the molecule is CCNC(=O)NC(C(=O)N1CCN(C(c2ccccc2)c2ccccc2)CC1)C(C)C. The van der Waals surface area contributed by atoms with Crippen LogP contribution in [0.2, 0.25) is 0 Å². The zero-order valence-corrected chi connectivity index (χ0v) is 18.8. The van der Waals surface area contributed by atoms with E-state index in [0.717, 1.165) is 13.1 Å². The molecule has 1 saturated heterocycles. The molecule has 0 saturated carbocycles. The van der Waals surface area contributed by atoms with Crippen molar-refractivity contribution < 1.29 is 9.59 Å². The maximum atomic E-state index is 13.2. The molecule has 0 radical (unpaired) electrons. The van der Waals surface area contributed by atoms with E-state index < -0.39 is 6.04 Å². The molecule has 0 aromatic heterocycles. The highest BCUT2D eigenvalue weighted by Crippen LogP contribution is 2.29. The standard InChI is InChI=1S/C25H34N4O2/c1-4-26-25(31)27-22(19(2)3)24(30)29-17-15-28(16-18-29)23(20-11-7-5-8-12-20)21-13-9-6-10-14-21/h5-14,19,22-23H,4,15-18H2,1-3H3,(H2,26,27,31). The molecular formula is C25H34N4O2. The second kappa shape index (κ2) is 11.0. The summed E-state index contributed by atoms with van der Waals surface area (Å²) in [6.45, 7) is 9.19. The molecule has 1 fully saturated rings. The summed E-state index contributed by atoms with van der Waals surface area (Å²) in [4.78, 5) is 29.5. The van der Waals surface area contributed by atoms with Crippen molar-refractivity contribution in [1.82, 2.24) is 20.4 Å². The van der Waals surface area contributed by atoms with Gasteiger partial charge in [-0.2, -0.15) is 0 Å². The number of carbonyl (C=O) groups is 2. The number of hydrogen-bond acceptors (Lipinski definition) is 3. The molecule has 1 unspecified atom stereocenters. The average molecular weight is 423 g/mol. The Morgan fingerprint density at radius 2 is 1.39 bits per heavy atom. The number of piperazine rings is 1. The zero-order valence-electron chi connectivity index (χ0n) is 18.8. The second-order valence-electron chi connectivity index (χ2n) is 8.31. The van der Waals surface area contributed by atoms with Gasteiger partial charge in [-0.25, -0.2) is 4.79 Å². The Bertz CT molecular complexity index is 794. The summed E-state index contributed by atoms with van der Waals surface area (Å²) in [5, 5.41) is 5.56. The summed E-state index contributed by atoms with van der Waals surface area (Å²) >= 11 is 0. The van der Waals surface area contributed by atoms with E-state index in [4.69, 9.17) is 0 Å². The largest absolute Gasteiger partial charge is 0.338 e. The molecule has 6 heteroatoms. The van der Waals surface area contributed by atoms with Gasteiger partial charge in [-0.3, -0.25) is 9.69 Å². The lowest BCUT2D eigenvalue weighted by atomic mass is 9.96. The summed E-state index contributed by atoms with van der Waals surface area (Å²) < 4.78 is 0. The number of rotatable bonds is 7. The lowest BCUT2D eigenvalue weighted by Gasteiger charge is -2.41. The molecule has 0 aliphatic carbocycles. The van der Waals surface area contributed by atoms with E-state index in [1.807, 2.05) is 37.8 Å². The molecular weight excluding hydrogens is 388 g/mol. The summed E-state index contributed by atoms with van der Waals surface area (Å²) in [5.74, 6) is 0.0198. The number of urea groups is 1. The average Bonchev–Trinajstić information content (AvgIpc) is 2.79. The Morgan fingerprint density at radius 3 is 1.84 bits per heavy atom. The first-order chi connectivity index (χ1) is 15.0. The van der Waals surface area contributed by atoms with Crippen molar-refractivity contribution >= 4 is 11.9 Å². The van der Waals surface area contributed by atoms with Crippen LogP contribution in [0.4, 0.5) is 4.79 Å². The van der Waals surface area contributed by atoms with Crippen LogP contribution in [0.1, 0.15) is 37.9 Å². The monoisotopic (exact) mass is 422 g/mol. The molecule has 2 aromatic rings. The minimum atomic E-state index is -0.517. The molecule has 2 N–H and O–H groups in total. The fourth-order valence-electron chi connectivity index (χ4n) is 4.15. The fourth-order valence-corrected chi connectivity index (χ4v) is 4.15. The highest BCUT2D eigenvalue weighted by atomic mass is 16.2. The van der Waals surface area contributed by atoms with Crippen molar-refractivity contribution in [3.63, 3.8) is 0 Å². The molecule has 1 heterocycles. The molecule has 1 atom stereocenters. The quantitative estimate of drug-likeness (QED) is 0.720. The Morgan fingerprint density at radius 1 is 0.871 bits per heavy atom. The predicted molar refractivity (Wildman–Crippen MR) is 124 cm³/mol. The number of amides is 3. The van der Waals surface area contributed by atoms with E-state index >= 15 is 0 Å². The van der Waals surface area contributed by atoms with Gasteiger partial charge in [-0.1, -0.05) is 74.5 Å². The van der Waals surface area contributed by atoms with Crippen LogP contribution in [0.5, 0.6) is 0 Å². The van der Waals surface area contributed by atoms with Crippen LogP contribution in [-0.2, 0) is 4.79 Å². The van der Waals surface area contributed by atoms with Crippen molar-refractivity contribution in [1.29, 1.82) is 0 Å². The molecule has 0 spiro atoms. The van der Waals surface area contributed by atoms with Gasteiger partial charge in [0.15, 0.2) is 0 Å². The zero-order chi connectivity index (χ0) is 22.2. The number of hydrogen-bond donors (Lipinski definition) is 2. The second-order valence-corrected chi connectivity index (χ2v) is 8.31. The van der Waals surface area contributed by atoms with E-state index in [-0.39, 0.29) is 23.9 Å². The molecule has 3 amide bonds. The third-order valence-electron chi connectivity index (χ3n) is 5.78. The summed E-state index contributed by atoms with van der Waals surface area (Å²) in [6.07, 6.45) is 0. The summed E-state index contributed by atoms with van der Waals surface area (Å²) in [7, 11) is 0. The lowest BCUT2D eigenvalue weighted by Crippen LogP contribution is -2.57. The highest BCUT2D eigenvalue weighted by molar-refractivity contribution is 5.87. The van der Waals surface area contributed by atoms with Crippen molar-refractivity contribution in [3.05, 3.63) is 71.8 Å². The van der Waals surface area contributed by atoms with Gasteiger partial charge in [0.1, 0.15) is 6.04 Å². The van der Waals surface area contributed by atoms with E-state index in [1.165, 1.54) is 11.1 Å². The van der Waals surface area contributed by atoms with Gasteiger partial charge in [-0.15, -0.1) is 0 Å². The van der Waals surface area contributed by atoms with Crippen molar-refractivity contribution in [2.24, 2.45) is 5.92 Å².